The van der Waals surface area contributed by atoms with Gasteiger partial charge in [-0.15, -0.1) is 0 Å². The molecule has 0 atom stereocenters. The monoisotopic (exact) mass is 359 g/mol. The Morgan fingerprint density at radius 1 is 1.12 bits per heavy atom. The largest absolute Gasteiger partial charge is 0.395 e. The van der Waals surface area contributed by atoms with Gasteiger partial charge in [0.05, 0.1) is 19.8 Å². The highest BCUT2D eigenvalue weighted by Gasteiger charge is 2.17. The third-order valence-electron chi connectivity index (χ3n) is 3.99. The molecule has 4 N–H and O–H groups in total. The first kappa shape index (κ1) is 18.3. The maximum Gasteiger partial charge on any atom is 0.243 e. The van der Waals surface area contributed by atoms with Crippen molar-refractivity contribution in [3.63, 3.8) is 0 Å². The molecular weight excluding hydrogens is 334 g/mol. The van der Waals surface area contributed by atoms with Crippen LogP contribution in [0.3, 0.4) is 0 Å². The lowest BCUT2D eigenvalue weighted by atomic mass is 10.1. The van der Waals surface area contributed by atoms with Gasteiger partial charge in [-0.25, -0.2) is 5.43 Å². The highest BCUT2D eigenvalue weighted by molar-refractivity contribution is 5.60. The van der Waals surface area contributed by atoms with E-state index in [0.717, 1.165) is 29.9 Å². The Balaban J connectivity index is 1.86. The van der Waals surface area contributed by atoms with Gasteiger partial charge in [0, 0.05) is 25.3 Å². The highest BCUT2D eigenvalue weighted by Crippen LogP contribution is 2.22. The zero-order chi connectivity index (χ0) is 18.4. The standard InChI is InChI=1S/C17H25N7O2/c1-12-3-4-13(2)14(11-12)19-15-20-16(23-18-5-8-25)22-17(21-15)24-6-9-26-10-7-24/h3-4,11,18,25H,5-10H2,1-2H3,(H2,19,20,21,22,23). The first-order chi connectivity index (χ1) is 12.7. The molecule has 0 saturated carbocycles. The van der Waals surface area contributed by atoms with E-state index in [1.165, 1.54) is 0 Å². The van der Waals surface area contributed by atoms with Crippen molar-refractivity contribution in [3.05, 3.63) is 29.3 Å². The molecule has 1 aliphatic rings. The predicted molar refractivity (Wildman–Crippen MR) is 101 cm³/mol. The number of hydrogen-bond acceptors (Lipinski definition) is 9. The van der Waals surface area contributed by atoms with Crippen molar-refractivity contribution in [2.75, 3.05) is 55.1 Å². The lowest BCUT2D eigenvalue weighted by Gasteiger charge is -2.27. The molecular formula is C17H25N7O2. The molecule has 1 fully saturated rings. The number of benzene rings is 1. The second-order valence-corrected chi connectivity index (χ2v) is 6.10. The average molecular weight is 359 g/mol. The number of morpholine rings is 1. The van der Waals surface area contributed by atoms with E-state index >= 15 is 0 Å². The number of ether oxygens (including phenoxy) is 1. The molecule has 3 rings (SSSR count). The van der Waals surface area contributed by atoms with Gasteiger partial charge in [-0.2, -0.15) is 15.0 Å². The zero-order valence-electron chi connectivity index (χ0n) is 15.1. The van der Waals surface area contributed by atoms with Crippen molar-refractivity contribution in [2.24, 2.45) is 0 Å². The minimum absolute atomic E-state index is 0.0159. The van der Waals surface area contributed by atoms with Gasteiger partial charge in [0.2, 0.25) is 17.8 Å². The number of aromatic nitrogens is 3. The van der Waals surface area contributed by atoms with E-state index in [0.29, 0.717) is 37.6 Å². The van der Waals surface area contributed by atoms with Gasteiger partial charge in [0.1, 0.15) is 0 Å². The van der Waals surface area contributed by atoms with Crippen molar-refractivity contribution in [1.82, 2.24) is 20.4 Å². The fourth-order valence-electron chi connectivity index (χ4n) is 2.57. The molecule has 9 heteroatoms. The summed E-state index contributed by atoms with van der Waals surface area (Å²) in [5.41, 5.74) is 9.00. The van der Waals surface area contributed by atoms with Gasteiger partial charge in [-0.1, -0.05) is 12.1 Å². The first-order valence-electron chi connectivity index (χ1n) is 8.68. The minimum Gasteiger partial charge on any atom is -0.395 e. The smallest absolute Gasteiger partial charge is 0.243 e. The van der Waals surface area contributed by atoms with Crippen LogP contribution < -0.4 is 21.1 Å². The van der Waals surface area contributed by atoms with Crippen molar-refractivity contribution in [2.45, 2.75) is 13.8 Å². The lowest BCUT2D eigenvalue weighted by molar-refractivity contribution is 0.122. The number of aryl methyl sites for hydroxylation is 2. The van der Waals surface area contributed by atoms with E-state index in [2.05, 4.69) is 54.2 Å². The molecule has 0 bridgehead atoms. The topological polar surface area (TPSA) is 107 Å². The molecule has 1 saturated heterocycles. The number of aliphatic hydroxyl groups is 1. The Morgan fingerprint density at radius 3 is 2.65 bits per heavy atom. The molecule has 26 heavy (non-hydrogen) atoms. The van der Waals surface area contributed by atoms with E-state index < -0.39 is 0 Å². The highest BCUT2D eigenvalue weighted by atomic mass is 16.5. The van der Waals surface area contributed by atoms with Crippen LogP contribution in [-0.2, 0) is 4.74 Å². The van der Waals surface area contributed by atoms with Crippen LogP contribution >= 0.6 is 0 Å². The molecule has 0 unspecified atom stereocenters. The third-order valence-corrected chi connectivity index (χ3v) is 3.99. The molecule has 140 valence electrons. The number of hydrogen-bond donors (Lipinski definition) is 4. The van der Waals surface area contributed by atoms with Crippen LogP contribution in [0.25, 0.3) is 0 Å². The van der Waals surface area contributed by atoms with E-state index in [-0.39, 0.29) is 6.61 Å². The van der Waals surface area contributed by atoms with Gasteiger partial charge in [0.15, 0.2) is 0 Å². The van der Waals surface area contributed by atoms with Crippen LogP contribution in [0.15, 0.2) is 18.2 Å². The lowest BCUT2D eigenvalue weighted by Crippen LogP contribution is -2.38. The maximum absolute atomic E-state index is 8.92. The quantitative estimate of drug-likeness (QED) is 0.425. The summed E-state index contributed by atoms with van der Waals surface area (Å²) >= 11 is 0. The fourth-order valence-corrected chi connectivity index (χ4v) is 2.57. The molecule has 9 nitrogen and oxygen atoms in total. The Kier molecular flexibility index (Phi) is 6.16. The molecule has 0 spiro atoms. The first-order valence-corrected chi connectivity index (χ1v) is 8.68. The molecule has 1 aliphatic heterocycles. The van der Waals surface area contributed by atoms with Crippen LogP contribution in [-0.4, -0.2) is 59.5 Å². The summed E-state index contributed by atoms with van der Waals surface area (Å²) in [6.45, 7) is 7.25. The summed E-state index contributed by atoms with van der Waals surface area (Å²) in [6.07, 6.45) is 0. The normalized spacial score (nSPS) is 14.3. The molecule has 1 aromatic carbocycles. The SMILES string of the molecule is Cc1ccc(C)c(Nc2nc(NNCCO)nc(N3CCOCC3)n2)c1. The van der Waals surface area contributed by atoms with Crippen molar-refractivity contribution < 1.29 is 9.84 Å². The van der Waals surface area contributed by atoms with Crippen molar-refractivity contribution >= 4 is 23.5 Å². The van der Waals surface area contributed by atoms with Gasteiger partial charge in [-0.05, 0) is 31.0 Å². The van der Waals surface area contributed by atoms with Gasteiger partial charge in [-0.3, -0.25) is 5.43 Å². The number of nitrogens with zero attached hydrogens (tertiary/aromatic N) is 4. The molecule has 2 heterocycles. The van der Waals surface area contributed by atoms with Crippen LogP contribution in [0.2, 0.25) is 0 Å². The summed E-state index contributed by atoms with van der Waals surface area (Å²) < 4.78 is 5.40. The Labute approximate surface area is 152 Å². The molecule has 0 amide bonds. The van der Waals surface area contributed by atoms with Crippen LogP contribution in [0.4, 0.5) is 23.5 Å². The van der Waals surface area contributed by atoms with Gasteiger partial charge >= 0.3 is 0 Å². The van der Waals surface area contributed by atoms with Crippen molar-refractivity contribution in [1.29, 1.82) is 0 Å². The van der Waals surface area contributed by atoms with Crippen LogP contribution in [0, 0.1) is 13.8 Å². The minimum atomic E-state index is 0.0159. The molecule has 0 aliphatic carbocycles. The summed E-state index contributed by atoms with van der Waals surface area (Å²) in [6, 6.07) is 6.19. The van der Waals surface area contributed by atoms with Crippen LogP contribution in [0.5, 0.6) is 0 Å². The van der Waals surface area contributed by atoms with E-state index in [1.807, 2.05) is 13.8 Å². The average Bonchev–Trinajstić information content (AvgIpc) is 2.65. The van der Waals surface area contributed by atoms with Crippen molar-refractivity contribution in [3.8, 4) is 0 Å². The fraction of sp³-hybridized carbons (Fsp3) is 0.471. The Hall–Kier alpha value is -2.49. The van der Waals surface area contributed by atoms with E-state index in [1.54, 1.807) is 0 Å². The van der Waals surface area contributed by atoms with Crippen LogP contribution in [0.1, 0.15) is 11.1 Å². The van der Waals surface area contributed by atoms with Gasteiger partial charge < -0.3 is 20.1 Å². The second kappa shape index (κ2) is 8.75. The molecule has 1 aromatic heterocycles. The second-order valence-electron chi connectivity index (χ2n) is 6.10. The summed E-state index contributed by atoms with van der Waals surface area (Å²) in [7, 11) is 0. The van der Waals surface area contributed by atoms with Gasteiger partial charge in [0.25, 0.3) is 0 Å². The van der Waals surface area contributed by atoms with E-state index in [4.69, 9.17) is 9.84 Å². The number of hydrazine groups is 1. The Morgan fingerprint density at radius 2 is 1.88 bits per heavy atom. The molecule has 0 radical (unpaired) electrons. The van der Waals surface area contributed by atoms with E-state index in [9.17, 15) is 0 Å². The molecule has 2 aromatic rings. The summed E-state index contributed by atoms with van der Waals surface area (Å²) in [4.78, 5) is 15.5. The predicted octanol–water partition coefficient (Wildman–Crippen LogP) is 0.977. The zero-order valence-corrected chi connectivity index (χ0v) is 15.1. The summed E-state index contributed by atoms with van der Waals surface area (Å²) in [5, 5.41) is 12.2. The summed E-state index contributed by atoms with van der Waals surface area (Å²) in [5.74, 6) is 1.44. The number of nitrogens with one attached hydrogen (secondary N) is 3. The number of aliphatic hydroxyl groups excluding tert-OH is 1. The Bertz CT molecular complexity index is 735. The number of rotatable bonds is 7. The third kappa shape index (κ3) is 4.78. The number of anilines is 4. The maximum atomic E-state index is 8.92.